The molecule has 0 saturated carbocycles. The highest BCUT2D eigenvalue weighted by Gasteiger charge is 2.12. The molecule has 0 bridgehead atoms. The van der Waals surface area contributed by atoms with E-state index in [4.69, 9.17) is 9.47 Å². The predicted octanol–water partition coefficient (Wildman–Crippen LogP) is 3.31. The standard InChI is InChI=1S/C18H14N4O2/c19-10-12(18-21-14-3-1-2-4-15(14)22-18)11-20-13-5-6-16-17(9-13)24-8-7-23-16/h1-6,9,11,20H,7-8H2,(H,21,22). The normalized spacial score (nSPS) is 13.5. The van der Waals surface area contributed by atoms with Gasteiger partial charge in [-0.25, -0.2) is 4.98 Å². The maximum absolute atomic E-state index is 9.41. The van der Waals surface area contributed by atoms with Crippen LogP contribution in [0.25, 0.3) is 16.6 Å². The number of nitrogens with one attached hydrogen (secondary N) is 2. The number of H-pyrrole nitrogens is 1. The molecule has 1 aliphatic heterocycles. The lowest BCUT2D eigenvalue weighted by Gasteiger charge is -2.18. The summed E-state index contributed by atoms with van der Waals surface area (Å²) in [5, 5.41) is 12.5. The van der Waals surface area contributed by atoms with Crippen molar-refractivity contribution in [2.24, 2.45) is 0 Å². The van der Waals surface area contributed by atoms with Crippen LogP contribution in [0.2, 0.25) is 0 Å². The van der Waals surface area contributed by atoms with Gasteiger partial charge in [-0.3, -0.25) is 0 Å². The lowest BCUT2D eigenvalue weighted by atomic mass is 10.2. The zero-order chi connectivity index (χ0) is 16.4. The van der Waals surface area contributed by atoms with E-state index in [-0.39, 0.29) is 0 Å². The van der Waals surface area contributed by atoms with Crippen LogP contribution in [-0.4, -0.2) is 23.2 Å². The SMILES string of the molecule is N#CC(=CNc1ccc2c(c1)OCCO2)c1nc2ccccc2[nH]1. The number of fused-ring (bicyclic) bond motifs is 2. The molecule has 0 fully saturated rings. The number of rotatable bonds is 3. The number of hydrogen-bond acceptors (Lipinski definition) is 5. The Hall–Kier alpha value is -3.46. The van der Waals surface area contributed by atoms with Gasteiger partial charge in [-0.15, -0.1) is 0 Å². The number of anilines is 1. The van der Waals surface area contributed by atoms with Crippen molar-refractivity contribution in [3.63, 3.8) is 0 Å². The zero-order valence-electron chi connectivity index (χ0n) is 12.7. The number of benzene rings is 2. The first-order valence-corrected chi connectivity index (χ1v) is 7.55. The van der Waals surface area contributed by atoms with Gasteiger partial charge >= 0.3 is 0 Å². The molecule has 24 heavy (non-hydrogen) atoms. The van der Waals surface area contributed by atoms with Gasteiger partial charge in [0.15, 0.2) is 17.3 Å². The highest BCUT2D eigenvalue weighted by atomic mass is 16.6. The Morgan fingerprint density at radius 1 is 1.17 bits per heavy atom. The Kier molecular flexibility index (Phi) is 3.52. The van der Waals surface area contributed by atoms with Crippen molar-refractivity contribution in [3.8, 4) is 17.6 Å². The Balaban J connectivity index is 1.60. The number of allylic oxidation sites excluding steroid dienone is 1. The van der Waals surface area contributed by atoms with Crippen LogP contribution in [0.4, 0.5) is 5.69 Å². The first kappa shape index (κ1) is 14.2. The van der Waals surface area contributed by atoms with Gasteiger partial charge in [0.1, 0.15) is 24.9 Å². The quantitative estimate of drug-likeness (QED) is 0.724. The smallest absolute Gasteiger partial charge is 0.163 e. The number of nitrogens with zero attached hydrogens (tertiary/aromatic N) is 2. The van der Waals surface area contributed by atoms with Gasteiger partial charge < -0.3 is 19.8 Å². The largest absolute Gasteiger partial charge is 0.486 e. The van der Waals surface area contributed by atoms with E-state index in [0.717, 1.165) is 22.5 Å². The van der Waals surface area contributed by atoms with Crippen molar-refractivity contribution < 1.29 is 9.47 Å². The van der Waals surface area contributed by atoms with Gasteiger partial charge in [0, 0.05) is 18.0 Å². The van der Waals surface area contributed by atoms with E-state index < -0.39 is 0 Å². The summed E-state index contributed by atoms with van der Waals surface area (Å²) in [6.45, 7) is 1.10. The minimum Gasteiger partial charge on any atom is -0.486 e. The Bertz CT molecular complexity index is 936. The van der Waals surface area contributed by atoms with Crippen molar-refractivity contribution in [2.75, 3.05) is 18.5 Å². The number of imidazole rings is 1. The van der Waals surface area contributed by atoms with Gasteiger partial charge in [-0.2, -0.15) is 5.26 Å². The lowest BCUT2D eigenvalue weighted by molar-refractivity contribution is 0.171. The molecule has 2 heterocycles. The van der Waals surface area contributed by atoms with Crippen molar-refractivity contribution in [2.45, 2.75) is 0 Å². The van der Waals surface area contributed by atoms with E-state index >= 15 is 0 Å². The van der Waals surface area contributed by atoms with E-state index in [1.807, 2.05) is 42.5 Å². The lowest BCUT2D eigenvalue weighted by Crippen LogP contribution is -2.15. The number of aromatic amines is 1. The number of hydrogen-bond donors (Lipinski definition) is 2. The Labute approximate surface area is 138 Å². The second-order valence-electron chi connectivity index (χ2n) is 5.28. The third kappa shape index (κ3) is 2.63. The van der Waals surface area contributed by atoms with Gasteiger partial charge in [-0.05, 0) is 24.3 Å². The molecular formula is C18H14N4O2. The number of ether oxygens (including phenoxy) is 2. The summed E-state index contributed by atoms with van der Waals surface area (Å²) in [7, 11) is 0. The van der Waals surface area contributed by atoms with Crippen LogP contribution in [0.3, 0.4) is 0 Å². The van der Waals surface area contributed by atoms with Crippen LogP contribution in [0, 0.1) is 11.3 Å². The molecule has 0 saturated heterocycles. The summed E-state index contributed by atoms with van der Waals surface area (Å²) < 4.78 is 11.0. The molecule has 0 atom stereocenters. The number of aromatic nitrogens is 2. The van der Waals surface area contributed by atoms with Crippen LogP contribution in [0.1, 0.15) is 5.82 Å². The second-order valence-corrected chi connectivity index (χ2v) is 5.28. The van der Waals surface area contributed by atoms with Crippen LogP contribution >= 0.6 is 0 Å². The molecule has 0 spiro atoms. The minimum absolute atomic E-state index is 0.418. The minimum atomic E-state index is 0.418. The van der Waals surface area contributed by atoms with E-state index in [1.54, 1.807) is 6.20 Å². The molecule has 2 aromatic carbocycles. The molecule has 0 aliphatic carbocycles. The highest BCUT2D eigenvalue weighted by molar-refractivity contribution is 5.82. The summed E-state index contributed by atoms with van der Waals surface area (Å²) in [6, 6.07) is 15.4. The average Bonchev–Trinajstić information content (AvgIpc) is 3.06. The third-order valence-corrected chi connectivity index (χ3v) is 3.69. The van der Waals surface area contributed by atoms with E-state index in [0.29, 0.717) is 30.4 Å². The van der Waals surface area contributed by atoms with Gasteiger partial charge in [-0.1, -0.05) is 12.1 Å². The second kappa shape index (κ2) is 5.97. The summed E-state index contributed by atoms with van der Waals surface area (Å²) in [5.41, 5.74) is 2.95. The number of nitriles is 1. The first-order chi connectivity index (χ1) is 11.8. The predicted molar refractivity (Wildman–Crippen MR) is 90.7 cm³/mol. The average molecular weight is 318 g/mol. The fourth-order valence-electron chi connectivity index (χ4n) is 2.52. The van der Waals surface area contributed by atoms with E-state index in [9.17, 15) is 5.26 Å². The van der Waals surface area contributed by atoms with Crippen molar-refractivity contribution in [1.82, 2.24) is 9.97 Å². The third-order valence-electron chi connectivity index (χ3n) is 3.69. The Morgan fingerprint density at radius 3 is 2.83 bits per heavy atom. The maximum atomic E-state index is 9.41. The van der Waals surface area contributed by atoms with Gasteiger partial charge in [0.2, 0.25) is 0 Å². The molecule has 6 heteroatoms. The molecule has 0 amide bonds. The van der Waals surface area contributed by atoms with Crippen LogP contribution in [0.15, 0.2) is 48.7 Å². The monoisotopic (exact) mass is 318 g/mol. The summed E-state index contributed by atoms with van der Waals surface area (Å²) >= 11 is 0. The van der Waals surface area contributed by atoms with E-state index in [2.05, 4.69) is 21.4 Å². The van der Waals surface area contributed by atoms with Crippen LogP contribution in [-0.2, 0) is 0 Å². The molecule has 2 N–H and O–H groups in total. The van der Waals surface area contributed by atoms with Crippen LogP contribution in [0.5, 0.6) is 11.5 Å². The molecule has 3 aromatic rings. The summed E-state index contributed by atoms with van der Waals surface area (Å²) in [4.78, 5) is 7.58. The van der Waals surface area contributed by atoms with Gasteiger partial charge in [0.05, 0.1) is 11.0 Å². The molecule has 1 aromatic heterocycles. The fraction of sp³-hybridized carbons (Fsp3) is 0.111. The molecule has 0 radical (unpaired) electrons. The molecule has 4 rings (SSSR count). The van der Waals surface area contributed by atoms with Crippen molar-refractivity contribution in [3.05, 3.63) is 54.5 Å². The molecule has 1 aliphatic rings. The fourth-order valence-corrected chi connectivity index (χ4v) is 2.52. The topological polar surface area (TPSA) is 83.0 Å². The number of para-hydroxylation sites is 2. The summed E-state index contributed by atoms with van der Waals surface area (Å²) in [6.07, 6.45) is 1.63. The Morgan fingerprint density at radius 2 is 2.00 bits per heavy atom. The molecule has 6 nitrogen and oxygen atoms in total. The van der Waals surface area contributed by atoms with Gasteiger partial charge in [0.25, 0.3) is 0 Å². The highest BCUT2D eigenvalue weighted by Crippen LogP contribution is 2.32. The van der Waals surface area contributed by atoms with Crippen molar-refractivity contribution in [1.29, 1.82) is 5.26 Å². The molecule has 0 unspecified atom stereocenters. The molecule has 118 valence electrons. The van der Waals surface area contributed by atoms with Crippen LogP contribution < -0.4 is 14.8 Å². The van der Waals surface area contributed by atoms with Crippen molar-refractivity contribution >= 4 is 22.3 Å². The summed E-state index contributed by atoms with van der Waals surface area (Å²) in [5.74, 6) is 1.96. The maximum Gasteiger partial charge on any atom is 0.163 e. The van der Waals surface area contributed by atoms with E-state index in [1.165, 1.54) is 0 Å². The first-order valence-electron chi connectivity index (χ1n) is 7.55. The molecular weight excluding hydrogens is 304 g/mol. The zero-order valence-corrected chi connectivity index (χ0v) is 12.7.